The minimum absolute atomic E-state index is 0.147. The second-order valence-corrected chi connectivity index (χ2v) is 12.2. The zero-order valence-electron chi connectivity index (χ0n) is 18.8. The molecule has 2 aromatic heterocycles. The predicted octanol–water partition coefficient (Wildman–Crippen LogP) is 4.11. The zero-order chi connectivity index (χ0) is 21.0. The number of fused-ring (bicyclic) bond motifs is 8. The van der Waals surface area contributed by atoms with Gasteiger partial charge in [0.15, 0.2) is 0 Å². The van der Waals surface area contributed by atoms with E-state index in [1.165, 1.54) is 36.8 Å². The number of hydrogen-bond acceptors (Lipinski definition) is 4. The molecule has 6 aliphatic rings. The highest BCUT2D eigenvalue weighted by molar-refractivity contribution is 6.61. The van der Waals surface area contributed by atoms with Gasteiger partial charge in [-0.15, -0.1) is 0 Å². The van der Waals surface area contributed by atoms with Crippen molar-refractivity contribution in [3.63, 3.8) is 0 Å². The van der Waals surface area contributed by atoms with E-state index in [9.17, 15) is 0 Å². The van der Waals surface area contributed by atoms with Crippen LogP contribution in [0.2, 0.25) is 0 Å². The Morgan fingerprint density at radius 3 is 2.32 bits per heavy atom. The first-order chi connectivity index (χ1) is 14.8. The molecule has 5 heteroatoms. The molecule has 158 valence electrons. The summed E-state index contributed by atoms with van der Waals surface area (Å²) < 4.78 is 12.7. The second kappa shape index (κ2) is 4.94. The molecule has 6 atom stereocenters. The highest BCUT2D eigenvalue weighted by atomic mass is 16.7. The van der Waals surface area contributed by atoms with Crippen molar-refractivity contribution in [2.75, 3.05) is 0 Å². The summed E-state index contributed by atoms with van der Waals surface area (Å²) in [5, 5.41) is 0. The van der Waals surface area contributed by atoms with Crippen LogP contribution in [0, 0.1) is 29.1 Å². The van der Waals surface area contributed by atoms with Gasteiger partial charge in [-0.05, 0) is 106 Å². The van der Waals surface area contributed by atoms with Crippen LogP contribution >= 0.6 is 0 Å². The van der Waals surface area contributed by atoms with Crippen molar-refractivity contribution in [1.82, 2.24) is 9.97 Å². The Kier molecular flexibility index (Phi) is 2.84. The summed E-state index contributed by atoms with van der Waals surface area (Å²) in [7, 11) is -0.429. The molecule has 0 N–H and O–H groups in total. The molecule has 4 nitrogen and oxygen atoms in total. The number of nitrogens with zero attached hydrogens (tertiary/aromatic N) is 2. The molecular weight excluding hydrogens is 383 g/mol. The smallest absolute Gasteiger partial charge is 0.398 e. The van der Waals surface area contributed by atoms with E-state index in [1.54, 1.807) is 0 Å². The molecule has 2 aromatic rings. The van der Waals surface area contributed by atoms with E-state index in [1.807, 2.05) is 6.20 Å². The van der Waals surface area contributed by atoms with Crippen molar-refractivity contribution in [1.29, 1.82) is 0 Å². The minimum Gasteiger partial charge on any atom is -0.398 e. The van der Waals surface area contributed by atoms with Gasteiger partial charge in [0.25, 0.3) is 0 Å². The van der Waals surface area contributed by atoms with Gasteiger partial charge in [0.2, 0.25) is 0 Å². The van der Waals surface area contributed by atoms with Crippen LogP contribution in [0.15, 0.2) is 30.5 Å². The van der Waals surface area contributed by atoms with Gasteiger partial charge < -0.3 is 9.31 Å². The average Bonchev–Trinajstić information content (AvgIpc) is 3.37. The number of pyridine rings is 2. The summed E-state index contributed by atoms with van der Waals surface area (Å²) in [6, 6.07) is 9.03. The molecule has 4 saturated carbocycles. The van der Waals surface area contributed by atoms with E-state index < -0.39 is 7.12 Å². The highest BCUT2D eigenvalue weighted by Crippen LogP contribution is 2.87. The van der Waals surface area contributed by atoms with Gasteiger partial charge in [0.05, 0.1) is 28.2 Å². The van der Waals surface area contributed by atoms with E-state index in [0.717, 1.165) is 40.7 Å². The molecule has 2 spiro atoms. The lowest BCUT2D eigenvalue weighted by molar-refractivity contribution is -0.193. The first-order valence-corrected chi connectivity index (χ1v) is 12.1. The largest absolute Gasteiger partial charge is 0.514 e. The van der Waals surface area contributed by atoms with Crippen LogP contribution in [-0.2, 0) is 14.7 Å². The van der Waals surface area contributed by atoms with Crippen molar-refractivity contribution in [2.24, 2.45) is 29.1 Å². The van der Waals surface area contributed by atoms with Crippen LogP contribution in [0.3, 0.4) is 0 Å². The number of rotatable bonds is 1. The van der Waals surface area contributed by atoms with E-state index in [0.29, 0.717) is 5.41 Å². The van der Waals surface area contributed by atoms with Gasteiger partial charge in [-0.25, -0.2) is 0 Å². The molecule has 5 fully saturated rings. The molecular formula is C26H29BN2O2. The molecule has 2 bridgehead atoms. The Morgan fingerprint density at radius 2 is 1.58 bits per heavy atom. The van der Waals surface area contributed by atoms with Crippen molar-refractivity contribution >= 4 is 12.7 Å². The third kappa shape index (κ3) is 1.67. The monoisotopic (exact) mass is 412 g/mol. The van der Waals surface area contributed by atoms with Crippen LogP contribution in [-0.4, -0.2) is 28.3 Å². The standard InChI is InChI=1S/C26H29BN2O2/c1-23(2)24(3,4)31-27(30-23)20-8-7-18-22(29-20)21-17(6-5-9-28-21)26(18)16-11-14-10-15-12-19(26)25(14,15)13-16/h5-9,14-16,19H,10-13H2,1-4H3. The lowest BCUT2D eigenvalue weighted by Gasteiger charge is -2.70. The normalized spacial score (nSPS) is 43.4. The van der Waals surface area contributed by atoms with E-state index in [-0.39, 0.29) is 16.6 Å². The summed E-state index contributed by atoms with van der Waals surface area (Å²) in [4.78, 5) is 10.1. The van der Waals surface area contributed by atoms with Crippen molar-refractivity contribution in [3.8, 4) is 11.4 Å². The first-order valence-electron chi connectivity index (χ1n) is 12.1. The number of hydrogen-bond donors (Lipinski definition) is 0. The fraction of sp³-hybridized carbons (Fsp3) is 0.615. The Balaban J connectivity index is 1.30. The van der Waals surface area contributed by atoms with Crippen LogP contribution < -0.4 is 5.59 Å². The van der Waals surface area contributed by atoms with Crippen LogP contribution in [0.4, 0.5) is 0 Å². The Bertz CT molecular complexity index is 1160. The average molecular weight is 412 g/mol. The van der Waals surface area contributed by atoms with Gasteiger partial charge in [-0.3, -0.25) is 9.97 Å². The Morgan fingerprint density at radius 1 is 0.871 bits per heavy atom. The van der Waals surface area contributed by atoms with Crippen molar-refractivity contribution in [2.45, 2.75) is 70.0 Å². The van der Waals surface area contributed by atoms with Crippen LogP contribution in [0.1, 0.15) is 64.5 Å². The summed E-state index contributed by atoms with van der Waals surface area (Å²) in [6.07, 6.45) is 7.67. The summed E-state index contributed by atoms with van der Waals surface area (Å²) in [5.74, 6) is 3.53. The van der Waals surface area contributed by atoms with Crippen LogP contribution in [0.25, 0.3) is 11.4 Å². The summed E-state index contributed by atoms with van der Waals surface area (Å²) in [5.41, 5.74) is 6.04. The molecule has 0 amide bonds. The molecule has 8 rings (SSSR count). The third-order valence-electron chi connectivity index (χ3n) is 11.0. The maximum atomic E-state index is 6.33. The van der Waals surface area contributed by atoms with Gasteiger partial charge in [0, 0.05) is 11.6 Å². The van der Waals surface area contributed by atoms with Crippen LogP contribution in [0.5, 0.6) is 0 Å². The maximum absolute atomic E-state index is 6.33. The predicted molar refractivity (Wildman–Crippen MR) is 119 cm³/mol. The van der Waals surface area contributed by atoms with Crippen molar-refractivity contribution in [3.05, 3.63) is 41.6 Å². The SMILES string of the molecule is CC1(C)OB(c2ccc3c(n2)-c2ncccc2C32C3CC4CC5CC2C45C3)OC1(C)C. The summed E-state index contributed by atoms with van der Waals surface area (Å²) in [6.45, 7) is 8.40. The topological polar surface area (TPSA) is 44.2 Å². The Hall–Kier alpha value is -1.72. The third-order valence-corrected chi connectivity index (χ3v) is 11.0. The lowest BCUT2D eigenvalue weighted by Crippen LogP contribution is -2.65. The molecule has 3 heterocycles. The van der Waals surface area contributed by atoms with E-state index in [2.05, 4.69) is 52.0 Å². The molecule has 6 unspecified atom stereocenters. The molecule has 0 aromatic carbocycles. The van der Waals surface area contributed by atoms with Gasteiger partial charge in [0.1, 0.15) is 0 Å². The fourth-order valence-corrected chi connectivity index (χ4v) is 9.04. The highest BCUT2D eigenvalue weighted by Gasteiger charge is 2.82. The van der Waals surface area contributed by atoms with E-state index >= 15 is 0 Å². The molecule has 5 aliphatic carbocycles. The van der Waals surface area contributed by atoms with Gasteiger partial charge >= 0.3 is 7.12 Å². The molecule has 1 saturated heterocycles. The lowest BCUT2D eigenvalue weighted by atomic mass is 9.34. The molecule has 31 heavy (non-hydrogen) atoms. The number of aromatic nitrogens is 2. The van der Waals surface area contributed by atoms with E-state index in [4.69, 9.17) is 19.3 Å². The Labute approximate surface area is 184 Å². The van der Waals surface area contributed by atoms with Gasteiger partial charge in [-0.2, -0.15) is 0 Å². The van der Waals surface area contributed by atoms with Gasteiger partial charge in [-0.1, -0.05) is 12.1 Å². The second-order valence-electron chi connectivity index (χ2n) is 12.2. The zero-order valence-corrected chi connectivity index (χ0v) is 18.8. The fourth-order valence-electron chi connectivity index (χ4n) is 9.04. The molecule has 1 aliphatic heterocycles. The molecule has 0 radical (unpaired) electrons. The summed E-state index contributed by atoms with van der Waals surface area (Å²) >= 11 is 0. The quantitative estimate of drug-likeness (QED) is 0.662. The minimum atomic E-state index is -0.429. The van der Waals surface area contributed by atoms with Crippen molar-refractivity contribution < 1.29 is 9.31 Å². The maximum Gasteiger partial charge on any atom is 0.514 e. The first kappa shape index (κ1) is 17.8.